The van der Waals surface area contributed by atoms with E-state index in [4.69, 9.17) is 5.11 Å². The van der Waals surface area contributed by atoms with Crippen LogP contribution in [0, 0.1) is 0 Å². The van der Waals surface area contributed by atoms with Gasteiger partial charge in [-0.25, -0.2) is 0 Å². The van der Waals surface area contributed by atoms with Crippen molar-refractivity contribution >= 4 is 16.8 Å². The molecule has 0 aliphatic carbocycles. The summed E-state index contributed by atoms with van der Waals surface area (Å²) in [6.07, 6.45) is 2.72. The topological polar surface area (TPSA) is 54.3 Å². The van der Waals surface area contributed by atoms with Crippen LogP contribution in [0.25, 0.3) is 10.9 Å². The Kier molecular flexibility index (Phi) is 4.74. The summed E-state index contributed by atoms with van der Waals surface area (Å²) in [6.45, 7) is 0.995. The van der Waals surface area contributed by atoms with E-state index in [0.29, 0.717) is 13.1 Å². The van der Waals surface area contributed by atoms with Crippen LogP contribution in [0.1, 0.15) is 11.1 Å². The van der Waals surface area contributed by atoms with Gasteiger partial charge in [-0.3, -0.25) is 4.79 Å². The van der Waals surface area contributed by atoms with Crippen LogP contribution in [0.3, 0.4) is 0 Å². The monoisotopic (exact) mass is 308 g/mol. The number of rotatable bonds is 6. The molecule has 0 aliphatic rings. The normalized spacial score (nSPS) is 10.8. The van der Waals surface area contributed by atoms with Crippen molar-refractivity contribution in [1.82, 2.24) is 9.88 Å². The molecule has 1 amide bonds. The lowest BCUT2D eigenvalue weighted by Gasteiger charge is -2.08. The fourth-order valence-electron chi connectivity index (χ4n) is 2.65. The molecular formula is C19H20N2O2. The minimum Gasteiger partial charge on any atom is -0.392 e. The molecule has 0 bridgehead atoms. The van der Waals surface area contributed by atoms with E-state index >= 15 is 0 Å². The number of fused-ring (bicyclic) bond motifs is 1. The second-order valence-corrected chi connectivity index (χ2v) is 5.58. The van der Waals surface area contributed by atoms with Gasteiger partial charge in [0.25, 0.3) is 0 Å². The minimum absolute atomic E-state index is 0.0123. The highest BCUT2D eigenvalue weighted by Crippen LogP contribution is 2.14. The number of amides is 1. The molecule has 1 heterocycles. The largest absolute Gasteiger partial charge is 0.392 e. The summed E-state index contributed by atoms with van der Waals surface area (Å²) in [5.41, 5.74) is 3.12. The summed E-state index contributed by atoms with van der Waals surface area (Å²) >= 11 is 0. The summed E-state index contributed by atoms with van der Waals surface area (Å²) in [6, 6.07) is 17.8. The van der Waals surface area contributed by atoms with E-state index in [1.807, 2.05) is 65.4 Å². The molecule has 4 heteroatoms. The van der Waals surface area contributed by atoms with Gasteiger partial charge in [-0.15, -0.1) is 0 Å². The maximum atomic E-state index is 12.1. The van der Waals surface area contributed by atoms with E-state index in [2.05, 4.69) is 5.32 Å². The molecule has 0 radical (unpaired) electrons. The smallest absolute Gasteiger partial charge is 0.239 e. The maximum absolute atomic E-state index is 12.1. The lowest BCUT2D eigenvalue weighted by molar-refractivity contribution is -0.121. The molecule has 0 aliphatic heterocycles. The van der Waals surface area contributed by atoms with Crippen LogP contribution in [0.4, 0.5) is 0 Å². The van der Waals surface area contributed by atoms with E-state index in [1.54, 1.807) is 0 Å². The fraction of sp³-hybridized carbons (Fsp3) is 0.211. The SMILES string of the molecule is O=C(Cn1ccc2ccccc21)NCCc1ccc(CO)cc1. The summed E-state index contributed by atoms with van der Waals surface area (Å²) in [5.74, 6) is 0.0123. The summed E-state index contributed by atoms with van der Waals surface area (Å²) in [7, 11) is 0. The third kappa shape index (κ3) is 3.79. The maximum Gasteiger partial charge on any atom is 0.239 e. The standard InChI is InChI=1S/C19H20N2O2/c22-14-16-7-5-15(6-8-16)9-11-20-19(23)13-21-12-10-17-3-1-2-4-18(17)21/h1-8,10,12,22H,9,11,13-14H2,(H,20,23). The zero-order valence-corrected chi connectivity index (χ0v) is 12.9. The molecule has 0 unspecified atom stereocenters. The molecule has 4 nitrogen and oxygen atoms in total. The van der Waals surface area contributed by atoms with Gasteiger partial charge in [0.15, 0.2) is 0 Å². The number of hydrogen-bond donors (Lipinski definition) is 2. The highest BCUT2D eigenvalue weighted by Gasteiger charge is 2.05. The Labute approximate surface area is 135 Å². The van der Waals surface area contributed by atoms with Crippen molar-refractivity contribution in [3.05, 3.63) is 71.9 Å². The van der Waals surface area contributed by atoms with Gasteiger partial charge in [0.05, 0.1) is 6.61 Å². The van der Waals surface area contributed by atoms with E-state index in [9.17, 15) is 4.79 Å². The Hall–Kier alpha value is -2.59. The van der Waals surface area contributed by atoms with Crippen molar-refractivity contribution in [2.75, 3.05) is 6.54 Å². The Morgan fingerprint density at radius 2 is 1.74 bits per heavy atom. The summed E-state index contributed by atoms with van der Waals surface area (Å²) in [4.78, 5) is 12.1. The first-order valence-electron chi connectivity index (χ1n) is 7.75. The number of carbonyl (C=O) groups excluding carboxylic acids is 1. The first kappa shape index (κ1) is 15.3. The van der Waals surface area contributed by atoms with Crippen molar-refractivity contribution in [3.8, 4) is 0 Å². The molecule has 2 aromatic carbocycles. The Bertz CT molecular complexity index is 790. The average molecular weight is 308 g/mol. The fourth-order valence-corrected chi connectivity index (χ4v) is 2.65. The third-order valence-corrected chi connectivity index (χ3v) is 3.94. The second-order valence-electron chi connectivity index (χ2n) is 5.58. The Morgan fingerprint density at radius 3 is 2.52 bits per heavy atom. The van der Waals surface area contributed by atoms with Crippen molar-refractivity contribution in [1.29, 1.82) is 0 Å². The van der Waals surface area contributed by atoms with E-state index in [0.717, 1.165) is 28.5 Å². The zero-order chi connectivity index (χ0) is 16.1. The molecule has 0 spiro atoms. The number of nitrogens with zero attached hydrogens (tertiary/aromatic N) is 1. The number of hydrogen-bond acceptors (Lipinski definition) is 2. The zero-order valence-electron chi connectivity index (χ0n) is 12.9. The summed E-state index contributed by atoms with van der Waals surface area (Å²) < 4.78 is 1.96. The lowest BCUT2D eigenvalue weighted by atomic mass is 10.1. The highest BCUT2D eigenvalue weighted by molar-refractivity contribution is 5.83. The third-order valence-electron chi connectivity index (χ3n) is 3.94. The molecule has 3 aromatic rings. The van der Waals surface area contributed by atoms with Gasteiger partial charge in [-0.2, -0.15) is 0 Å². The number of nitrogens with one attached hydrogen (secondary N) is 1. The number of aliphatic hydroxyl groups is 1. The van der Waals surface area contributed by atoms with Crippen molar-refractivity contribution in [2.45, 2.75) is 19.6 Å². The molecule has 118 valence electrons. The lowest BCUT2D eigenvalue weighted by Crippen LogP contribution is -2.29. The van der Waals surface area contributed by atoms with Crippen molar-refractivity contribution < 1.29 is 9.90 Å². The van der Waals surface area contributed by atoms with E-state index < -0.39 is 0 Å². The Morgan fingerprint density at radius 1 is 1.00 bits per heavy atom. The first-order valence-corrected chi connectivity index (χ1v) is 7.75. The molecule has 3 rings (SSSR count). The van der Waals surface area contributed by atoms with Crippen LogP contribution in [0.2, 0.25) is 0 Å². The number of aliphatic hydroxyl groups excluding tert-OH is 1. The van der Waals surface area contributed by atoms with Gasteiger partial charge in [0, 0.05) is 18.3 Å². The van der Waals surface area contributed by atoms with Crippen LogP contribution in [-0.4, -0.2) is 22.1 Å². The van der Waals surface area contributed by atoms with Crippen LogP contribution < -0.4 is 5.32 Å². The van der Waals surface area contributed by atoms with Gasteiger partial charge in [0.1, 0.15) is 6.54 Å². The Balaban J connectivity index is 1.51. The number of aromatic nitrogens is 1. The molecule has 0 fully saturated rings. The summed E-state index contributed by atoms with van der Waals surface area (Å²) in [5, 5.41) is 13.1. The number of para-hydroxylation sites is 1. The van der Waals surface area contributed by atoms with Crippen LogP contribution in [-0.2, 0) is 24.4 Å². The second kappa shape index (κ2) is 7.11. The van der Waals surface area contributed by atoms with Gasteiger partial charge in [-0.05, 0) is 35.1 Å². The number of benzene rings is 2. The predicted octanol–water partition coefficient (Wildman–Crippen LogP) is 2.49. The van der Waals surface area contributed by atoms with Gasteiger partial charge in [-0.1, -0.05) is 42.5 Å². The molecule has 0 atom stereocenters. The molecule has 1 aromatic heterocycles. The molecular weight excluding hydrogens is 288 g/mol. The quantitative estimate of drug-likeness (QED) is 0.735. The first-order chi connectivity index (χ1) is 11.3. The van der Waals surface area contributed by atoms with Crippen LogP contribution in [0.5, 0.6) is 0 Å². The van der Waals surface area contributed by atoms with Gasteiger partial charge in [0.2, 0.25) is 5.91 Å². The van der Waals surface area contributed by atoms with Crippen LogP contribution >= 0.6 is 0 Å². The molecule has 0 saturated carbocycles. The highest BCUT2D eigenvalue weighted by atomic mass is 16.3. The van der Waals surface area contributed by atoms with Gasteiger partial charge < -0.3 is 15.0 Å². The van der Waals surface area contributed by atoms with Crippen molar-refractivity contribution in [3.63, 3.8) is 0 Å². The number of carbonyl (C=O) groups is 1. The van der Waals surface area contributed by atoms with Crippen LogP contribution in [0.15, 0.2) is 60.8 Å². The minimum atomic E-state index is 0.0123. The van der Waals surface area contributed by atoms with E-state index in [-0.39, 0.29) is 12.5 Å². The predicted molar refractivity (Wildman–Crippen MR) is 91.0 cm³/mol. The van der Waals surface area contributed by atoms with E-state index in [1.165, 1.54) is 0 Å². The average Bonchev–Trinajstić information content (AvgIpc) is 2.99. The molecule has 2 N–H and O–H groups in total. The molecule has 0 saturated heterocycles. The van der Waals surface area contributed by atoms with Gasteiger partial charge >= 0.3 is 0 Å². The molecule has 23 heavy (non-hydrogen) atoms. The van der Waals surface area contributed by atoms with Crippen molar-refractivity contribution in [2.24, 2.45) is 0 Å².